The lowest BCUT2D eigenvalue weighted by Gasteiger charge is -2.01. The van der Waals surface area contributed by atoms with Crippen molar-refractivity contribution in [2.75, 3.05) is 0 Å². The zero-order valence-electron chi connectivity index (χ0n) is 10.4. The molecule has 1 aliphatic rings. The Morgan fingerprint density at radius 3 is 2.89 bits per heavy atom. The first-order chi connectivity index (χ1) is 8.74. The first-order valence-electron chi connectivity index (χ1n) is 6.10. The van der Waals surface area contributed by atoms with Crippen molar-refractivity contribution in [1.82, 2.24) is 20.2 Å². The Balaban J connectivity index is 1.79. The molecule has 18 heavy (non-hydrogen) atoms. The Labute approximate surface area is 114 Å². The summed E-state index contributed by atoms with van der Waals surface area (Å²) in [6, 6.07) is 2.04. The Kier molecular flexibility index (Phi) is 3.30. The van der Waals surface area contributed by atoms with E-state index in [-0.39, 0.29) is 0 Å². The molecular weight excluding hydrogens is 264 g/mol. The molecule has 0 amide bonds. The lowest BCUT2D eigenvalue weighted by molar-refractivity contribution is 0.892. The lowest BCUT2D eigenvalue weighted by Crippen LogP contribution is -1.95. The normalized spacial score (nSPS) is 15.0. The summed E-state index contributed by atoms with van der Waals surface area (Å²) in [7, 11) is 0. The van der Waals surface area contributed by atoms with Crippen LogP contribution in [0.15, 0.2) is 15.4 Å². The second kappa shape index (κ2) is 4.93. The Bertz CT molecular complexity index is 563. The number of aromatic nitrogens is 4. The van der Waals surface area contributed by atoms with Crippen LogP contribution in [-0.2, 0) is 6.42 Å². The summed E-state index contributed by atoms with van der Waals surface area (Å²) >= 11 is 3.29. The fraction of sp³-hybridized carbons (Fsp3) is 0.500. The van der Waals surface area contributed by atoms with Gasteiger partial charge in [0.2, 0.25) is 0 Å². The second-order valence-electron chi connectivity index (χ2n) is 4.38. The van der Waals surface area contributed by atoms with Gasteiger partial charge in [-0.15, -0.1) is 10.2 Å². The van der Waals surface area contributed by atoms with E-state index in [1.807, 2.05) is 13.0 Å². The van der Waals surface area contributed by atoms with Crippen LogP contribution in [0.2, 0.25) is 0 Å². The highest BCUT2D eigenvalue weighted by Crippen LogP contribution is 2.43. The molecule has 1 saturated carbocycles. The Morgan fingerprint density at radius 2 is 2.17 bits per heavy atom. The number of aryl methyl sites for hydroxylation is 2. The minimum atomic E-state index is 0.676. The maximum atomic E-state index is 4.44. The summed E-state index contributed by atoms with van der Waals surface area (Å²) in [6.07, 6.45) is 3.47. The SMILES string of the molecule is CCc1cc(Sc2nnc(C3CC3)s2)nc(C)n1. The van der Waals surface area contributed by atoms with Crippen LogP contribution >= 0.6 is 23.1 Å². The summed E-state index contributed by atoms with van der Waals surface area (Å²) in [5, 5.41) is 10.6. The fourth-order valence-corrected chi connectivity index (χ4v) is 3.74. The van der Waals surface area contributed by atoms with E-state index in [9.17, 15) is 0 Å². The van der Waals surface area contributed by atoms with Gasteiger partial charge in [0, 0.05) is 11.6 Å². The van der Waals surface area contributed by atoms with E-state index in [0.717, 1.165) is 27.3 Å². The summed E-state index contributed by atoms with van der Waals surface area (Å²) in [4.78, 5) is 8.82. The zero-order chi connectivity index (χ0) is 12.5. The van der Waals surface area contributed by atoms with Crippen LogP contribution in [0.4, 0.5) is 0 Å². The van der Waals surface area contributed by atoms with Gasteiger partial charge >= 0.3 is 0 Å². The molecule has 0 aromatic carbocycles. The van der Waals surface area contributed by atoms with Gasteiger partial charge in [-0.3, -0.25) is 0 Å². The van der Waals surface area contributed by atoms with Gasteiger partial charge in [0.1, 0.15) is 15.9 Å². The topological polar surface area (TPSA) is 51.6 Å². The average Bonchev–Trinajstić information content (AvgIpc) is 3.10. The van der Waals surface area contributed by atoms with Crippen molar-refractivity contribution in [1.29, 1.82) is 0 Å². The van der Waals surface area contributed by atoms with Crippen LogP contribution in [0.3, 0.4) is 0 Å². The summed E-state index contributed by atoms with van der Waals surface area (Å²) in [6.45, 7) is 4.03. The molecule has 4 nitrogen and oxygen atoms in total. The minimum Gasteiger partial charge on any atom is -0.238 e. The minimum absolute atomic E-state index is 0.676. The first kappa shape index (κ1) is 12.0. The third-order valence-electron chi connectivity index (χ3n) is 2.77. The third-order valence-corrected chi connectivity index (χ3v) is 4.83. The maximum absolute atomic E-state index is 4.44. The molecule has 2 aromatic rings. The highest BCUT2D eigenvalue weighted by Gasteiger charge is 2.27. The molecule has 0 saturated heterocycles. The van der Waals surface area contributed by atoms with Crippen LogP contribution in [0.25, 0.3) is 0 Å². The molecule has 3 rings (SSSR count). The van der Waals surface area contributed by atoms with E-state index in [0.29, 0.717) is 5.92 Å². The van der Waals surface area contributed by atoms with Crippen LogP contribution in [0.1, 0.15) is 42.2 Å². The summed E-state index contributed by atoms with van der Waals surface area (Å²) in [5.74, 6) is 1.50. The molecular formula is C12H14N4S2. The van der Waals surface area contributed by atoms with Gasteiger partial charge in [-0.05, 0) is 44.0 Å². The largest absolute Gasteiger partial charge is 0.238 e. The van der Waals surface area contributed by atoms with Gasteiger partial charge in [0.15, 0.2) is 4.34 Å². The molecule has 94 valence electrons. The van der Waals surface area contributed by atoms with E-state index in [1.165, 1.54) is 17.8 Å². The maximum Gasteiger partial charge on any atom is 0.180 e. The molecule has 2 heterocycles. The van der Waals surface area contributed by atoms with Crippen molar-refractivity contribution >= 4 is 23.1 Å². The number of hydrogen-bond donors (Lipinski definition) is 0. The summed E-state index contributed by atoms with van der Waals surface area (Å²) in [5.41, 5.74) is 1.08. The van der Waals surface area contributed by atoms with Crippen LogP contribution in [-0.4, -0.2) is 20.2 Å². The highest BCUT2D eigenvalue weighted by atomic mass is 32.2. The van der Waals surface area contributed by atoms with Gasteiger partial charge in [0.05, 0.1) is 0 Å². The number of hydrogen-bond acceptors (Lipinski definition) is 6. The van der Waals surface area contributed by atoms with E-state index in [1.54, 1.807) is 23.1 Å². The van der Waals surface area contributed by atoms with Crippen molar-refractivity contribution in [2.24, 2.45) is 0 Å². The molecule has 2 aromatic heterocycles. The van der Waals surface area contributed by atoms with E-state index in [4.69, 9.17) is 0 Å². The van der Waals surface area contributed by atoms with Gasteiger partial charge in [0.25, 0.3) is 0 Å². The molecule has 0 N–H and O–H groups in total. The quantitative estimate of drug-likeness (QED) is 0.804. The molecule has 0 bridgehead atoms. The monoisotopic (exact) mass is 278 g/mol. The van der Waals surface area contributed by atoms with Gasteiger partial charge < -0.3 is 0 Å². The Hall–Kier alpha value is -1.01. The Morgan fingerprint density at radius 1 is 1.33 bits per heavy atom. The van der Waals surface area contributed by atoms with Gasteiger partial charge in [-0.1, -0.05) is 18.3 Å². The van der Waals surface area contributed by atoms with E-state index >= 15 is 0 Å². The lowest BCUT2D eigenvalue weighted by atomic mass is 10.3. The molecule has 1 fully saturated rings. The van der Waals surface area contributed by atoms with Gasteiger partial charge in [-0.2, -0.15) is 0 Å². The van der Waals surface area contributed by atoms with Crippen LogP contribution < -0.4 is 0 Å². The van der Waals surface area contributed by atoms with Crippen molar-refractivity contribution in [3.63, 3.8) is 0 Å². The predicted octanol–water partition coefficient (Wildman–Crippen LogP) is 3.23. The smallest absolute Gasteiger partial charge is 0.180 e. The standard InChI is InChI=1S/C12H14N4S2/c1-3-9-6-10(14-7(2)13-9)17-12-16-15-11(18-12)8-4-5-8/h6,8H,3-5H2,1-2H3. The number of rotatable bonds is 4. The van der Waals surface area contributed by atoms with Crippen LogP contribution in [0, 0.1) is 6.92 Å². The molecule has 0 radical (unpaired) electrons. The molecule has 6 heteroatoms. The van der Waals surface area contributed by atoms with Crippen molar-refractivity contribution in [2.45, 2.75) is 48.4 Å². The van der Waals surface area contributed by atoms with E-state index in [2.05, 4.69) is 27.1 Å². The zero-order valence-corrected chi connectivity index (χ0v) is 12.0. The molecule has 0 spiro atoms. The van der Waals surface area contributed by atoms with Crippen molar-refractivity contribution in [3.05, 3.63) is 22.6 Å². The fourth-order valence-electron chi connectivity index (χ4n) is 1.68. The average molecular weight is 278 g/mol. The van der Waals surface area contributed by atoms with Crippen molar-refractivity contribution in [3.8, 4) is 0 Å². The summed E-state index contributed by atoms with van der Waals surface area (Å²) < 4.78 is 0.983. The first-order valence-corrected chi connectivity index (χ1v) is 7.73. The number of nitrogens with zero attached hydrogens (tertiary/aromatic N) is 4. The van der Waals surface area contributed by atoms with E-state index < -0.39 is 0 Å². The third kappa shape index (κ3) is 2.70. The molecule has 0 atom stereocenters. The molecule has 1 aliphatic carbocycles. The highest BCUT2D eigenvalue weighted by molar-refractivity contribution is 8.01. The molecule has 0 unspecified atom stereocenters. The predicted molar refractivity (Wildman–Crippen MR) is 72.2 cm³/mol. The second-order valence-corrected chi connectivity index (χ2v) is 6.66. The van der Waals surface area contributed by atoms with Crippen LogP contribution in [0.5, 0.6) is 0 Å². The van der Waals surface area contributed by atoms with Gasteiger partial charge in [-0.25, -0.2) is 9.97 Å². The molecule has 0 aliphatic heterocycles. The van der Waals surface area contributed by atoms with Crippen molar-refractivity contribution < 1.29 is 0 Å².